The van der Waals surface area contributed by atoms with E-state index in [1.807, 2.05) is 43.3 Å². The van der Waals surface area contributed by atoms with E-state index in [1.165, 1.54) is 22.3 Å². The molecule has 0 radical (unpaired) electrons. The molecule has 4 aromatic carbocycles. The van der Waals surface area contributed by atoms with Crippen molar-refractivity contribution in [3.8, 4) is 0 Å². The zero-order valence-corrected chi connectivity index (χ0v) is 31.7. The molecule has 2 aliphatic heterocycles. The fourth-order valence-electron chi connectivity index (χ4n) is 7.18. The van der Waals surface area contributed by atoms with E-state index in [0.29, 0.717) is 24.6 Å². The molecule has 9 heteroatoms. The van der Waals surface area contributed by atoms with E-state index in [2.05, 4.69) is 63.9 Å². The van der Waals surface area contributed by atoms with E-state index < -0.39 is 10.0 Å². The van der Waals surface area contributed by atoms with Gasteiger partial charge in [0.15, 0.2) is 5.78 Å². The number of para-hydroxylation sites is 1. The second-order valence-corrected chi connectivity index (χ2v) is 15.5. The van der Waals surface area contributed by atoms with Crippen molar-refractivity contribution in [2.45, 2.75) is 76.8 Å². The molecule has 0 bridgehead atoms. The molecule has 4 aromatic rings. The van der Waals surface area contributed by atoms with Gasteiger partial charge in [-0.15, -0.1) is 24.8 Å². The molecule has 1 N–H and O–H groups in total. The summed E-state index contributed by atoms with van der Waals surface area (Å²) >= 11 is 0. The van der Waals surface area contributed by atoms with Gasteiger partial charge in [0.25, 0.3) is 10.0 Å². The third kappa shape index (κ3) is 10.4. The Morgan fingerprint density at radius 2 is 1.36 bits per heavy atom. The van der Waals surface area contributed by atoms with E-state index in [-0.39, 0.29) is 35.5 Å². The van der Waals surface area contributed by atoms with Gasteiger partial charge in [0, 0.05) is 38.2 Å². The van der Waals surface area contributed by atoms with E-state index in [1.54, 1.807) is 12.1 Å². The van der Waals surface area contributed by atoms with E-state index >= 15 is 0 Å². The van der Waals surface area contributed by atoms with Crippen molar-refractivity contribution >= 4 is 46.3 Å². The Balaban J connectivity index is 0.00000281. The second-order valence-electron chi connectivity index (χ2n) is 13.8. The number of likely N-dealkylation sites (tertiary alicyclic amines) is 1. The van der Waals surface area contributed by atoms with Crippen LogP contribution in [-0.2, 0) is 36.0 Å². The highest BCUT2D eigenvalue weighted by atomic mass is 35.5. The highest BCUT2D eigenvalue weighted by molar-refractivity contribution is 7.92. The molecule has 0 amide bonds. The quantitative estimate of drug-likeness (QED) is 0.147. The Bertz CT molecular complexity index is 1820. The number of nitrogens with zero attached hydrogens (tertiary/aromatic N) is 2. The number of aryl methyl sites for hydroxylation is 2. The lowest BCUT2D eigenvalue weighted by Gasteiger charge is -2.32. The lowest BCUT2D eigenvalue weighted by molar-refractivity contribution is 0.0974. The number of carbonyl (C=O) groups is 1. The highest BCUT2D eigenvalue weighted by Gasteiger charge is 2.22. The number of ketones is 1. The van der Waals surface area contributed by atoms with Gasteiger partial charge in [0.2, 0.25) is 0 Å². The van der Waals surface area contributed by atoms with Crippen molar-refractivity contribution < 1.29 is 13.2 Å². The first kappa shape index (κ1) is 39.6. The van der Waals surface area contributed by atoms with Crippen LogP contribution in [0.4, 0.5) is 5.69 Å². The predicted octanol–water partition coefficient (Wildman–Crippen LogP) is 8.81. The number of Topliss-reactive ketones (excluding diaryl/α,β-unsaturated/α-hetero) is 1. The molecule has 50 heavy (non-hydrogen) atoms. The lowest BCUT2D eigenvalue weighted by Crippen LogP contribution is -2.33. The summed E-state index contributed by atoms with van der Waals surface area (Å²) < 4.78 is 28.9. The minimum Gasteiger partial charge on any atom is -0.299 e. The van der Waals surface area contributed by atoms with Crippen LogP contribution in [0.5, 0.6) is 0 Å². The van der Waals surface area contributed by atoms with Crippen LogP contribution < -0.4 is 4.72 Å². The smallest absolute Gasteiger partial charge is 0.261 e. The molecule has 0 spiro atoms. The van der Waals surface area contributed by atoms with Crippen molar-refractivity contribution in [3.63, 3.8) is 0 Å². The van der Waals surface area contributed by atoms with E-state index in [9.17, 15) is 13.2 Å². The number of rotatable bonds is 12. The maximum atomic E-state index is 13.2. The number of benzene rings is 4. The fraction of sp³-hybridized carbons (Fsp3) is 0.390. The van der Waals surface area contributed by atoms with Crippen LogP contribution in [0.15, 0.2) is 95.9 Å². The summed E-state index contributed by atoms with van der Waals surface area (Å²) in [4.78, 5) is 18.5. The number of nitrogens with one attached hydrogen (secondary N) is 1. The van der Waals surface area contributed by atoms with Gasteiger partial charge >= 0.3 is 0 Å². The summed E-state index contributed by atoms with van der Waals surface area (Å²) in [6.45, 7) is 9.84. The predicted molar refractivity (Wildman–Crippen MR) is 209 cm³/mol. The largest absolute Gasteiger partial charge is 0.299 e. The topological polar surface area (TPSA) is 69.7 Å². The first-order valence-corrected chi connectivity index (χ1v) is 19.0. The molecule has 2 heterocycles. The Kier molecular flexibility index (Phi) is 14.5. The minimum atomic E-state index is -3.66. The van der Waals surface area contributed by atoms with Gasteiger partial charge in [-0.25, -0.2) is 8.42 Å². The molecule has 6 nitrogen and oxygen atoms in total. The third-order valence-corrected chi connectivity index (χ3v) is 11.7. The molecule has 0 atom stereocenters. The van der Waals surface area contributed by atoms with Crippen LogP contribution in [0.2, 0.25) is 0 Å². The van der Waals surface area contributed by atoms with E-state index in [0.717, 1.165) is 87.9 Å². The lowest BCUT2D eigenvalue weighted by atomic mass is 9.90. The Morgan fingerprint density at radius 3 is 2.08 bits per heavy atom. The number of halogens is 2. The summed E-state index contributed by atoms with van der Waals surface area (Å²) in [5.74, 6) is 0.886. The van der Waals surface area contributed by atoms with Gasteiger partial charge in [0.1, 0.15) is 0 Å². The monoisotopic (exact) mass is 735 g/mol. The molecule has 0 saturated carbocycles. The first-order valence-electron chi connectivity index (χ1n) is 17.5. The number of hydrogen-bond donors (Lipinski definition) is 1. The van der Waals surface area contributed by atoms with Gasteiger partial charge in [0.05, 0.1) is 10.6 Å². The van der Waals surface area contributed by atoms with Gasteiger partial charge in [-0.05, 0) is 123 Å². The Hall–Kier alpha value is -3.20. The number of anilines is 1. The molecule has 0 aromatic heterocycles. The van der Waals surface area contributed by atoms with Gasteiger partial charge in [-0.3, -0.25) is 19.3 Å². The average Bonchev–Trinajstić information content (AvgIpc) is 3.29. The number of piperidine rings is 1. The molecule has 0 unspecified atom stereocenters. The van der Waals surface area contributed by atoms with Gasteiger partial charge in [-0.1, -0.05) is 72.3 Å². The zero-order chi connectivity index (χ0) is 33.5. The molecule has 1 saturated heterocycles. The van der Waals surface area contributed by atoms with Gasteiger partial charge < -0.3 is 0 Å². The summed E-state index contributed by atoms with van der Waals surface area (Å²) in [6, 6.07) is 29.7. The van der Waals surface area contributed by atoms with Crippen molar-refractivity contribution in [3.05, 3.63) is 130 Å². The molecule has 1 fully saturated rings. The minimum absolute atomic E-state index is 0. The van der Waals surface area contributed by atoms with Crippen molar-refractivity contribution in [1.29, 1.82) is 0 Å². The Morgan fingerprint density at radius 1 is 0.740 bits per heavy atom. The highest BCUT2D eigenvalue weighted by Crippen LogP contribution is 2.28. The van der Waals surface area contributed by atoms with Crippen molar-refractivity contribution in [2.24, 2.45) is 5.92 Å². The third-order valence-electron chi connectivity index (χ3n) is 10.3. The second kappa shape index (κ2) is 18.3. The molecular weight excluding hydrogens is 685 g/mol. The fourth-order valence-corrected chi connectivity index (χ4v) is 8.28. The number of hydrogen-bond acceptors (Lipinski definition) is 5. The zero-order valence-electron chi connectivity index (χ0n) is 29.3. The summed E-state index contributed by atoms with van der Waals surface area (Å²) in [6.07, 6.45) is 6.83. The number of sulfonamides is 1. The molecule has 2 aliphatic rings. The van der Waals surface area contributed by atoms with Crippen LogP contribution in [-0.4, -0.2) is 50.2 Å². The summed E-state index contributed by atoms with van der Waals surface area (Å²) in [5.41, 5.74) is 8.98. The summed E-state index contributed by atoms with van der Waals surface area (Å²) in [7, 11) is -3.66. The van der Waals surface area contributed by atoms with Crippen LogP contribution in [0.25, 0.3) is 0 Å². The maximum absolute atomic E-state index is 13.2. The summed E-state index contributed by atoms with van der Waals surface area (Å²) in [5, 5.41) is 0. The molecular formula is C41H51Cl2N3O3S. The normalized spacial score (nSPS) is 15.6. The van der Waals surface area contributed by atoms with Crippen LogP contribution >= 0.6 is 24.8 Å². The molecule has 6 rings (SSSR count). The van der Waals surface area contributed by atoms with Crippen LogP contribution in [0.1, 0.15) is 75.8 Å². The first-order chi connectivity index (χ1) is 23.2. The number of fused-ring (bicyclic) bond motifs is 1. The van der Waals surface area contributed by atoms with Crippen LogP contribution in [0.3, 0.4) is 0 Å². The van der Waals surface area contributed by atoms with Crippen molar-refractivity contribution in [2.75, 3.05) is 30.9 Å². The van der Waals surface area contributed by atoms with E-state index in [4.69, 9.17) is 0 Å². The number of carbonyl (C=O) groups excluding carboxylic acids is 1. The average molecular weight is 737 g/mol. The SMILES string of the molecule is Cc1ccc(S(=O)(=O)Nc2ccccc2CN2CCC(CCCC(=O)c3ccc4c(c3)CCN(Cc3ccccc3C)CC4)CC2)cc1.Cl.Cl. The van der Waals surface area contributed by atoms with Crippen LogP contribution in [0, 0.1) is 19.8 Å². The van der Waals surface area contributed by atoms with Crippen molar-refractivity contribution in [1.82, 2.24) is 9.80 Å². The maximum Gasteiger partial charge on any atom is 0.261 e. The standard InChI is InChI=1S/C41H49N3O3S.2ClH/c1-31-14-18-39(19-15-31)48(46,47)42-40-12-6-5-11-38(40)30-43-24-20-33(21-25-43)9-7-13-41(45)36-17-16-34-22-26-44(27-23-35(34)28-36)29-37-10-4-3-8-32(37)2;;/h3-6,8,10-12,14-19,28,33,42H,7,9,13,20-27,29-30H2,1-2H3;2*1H. The Labute approximate surface area is 311 Å². The molecule has 268 valence electrons. The molecule has 0 aliphatic carbocycles. The van der Waals surface area contributed by atoms with Gasteiger partial charge in [-0.2, -0.15) is 0 Å².